The topological polar surface area (TPSA) is 52.3 Å². The van der Waals surface area contributed by atoms with Crippen LogP contribution in [0.3, 0.4) is 0 Å². The van der Waals surface area contributed by atoms with Crippen LogP contribution in [-0.2, 0) is 0 Å². The Morgan fingerprint density at radius 2 is 2.12 bits per heavy atom. The van der Waals surface area contributed by atoms with Crippen LogP contribution in [-0.4, -0.2) is 27.2 Å². The van der Waals surface area contributed by atoms with Gasteiger partial charge in [0.15, 0.2) is 5.75 Å². The van der Waals surface area contributed by atoms with Gasteiger partial charge in [-0.2, -0.15) is 4.52 Å². The first-order valence-electron chi connectivity index (χ1n) is 4.65. The Labute approximate surface area is 95.6 Å². The molecule has 0 amide bonds. The van der Waals surface area contributed by atoms with Crippen molar-refractivity contribution >= 4 is 28.2 Å². The molecule has 3 rings (SSSR count). The highest BCUT2D eigenvalue weighted by Crippen LogP contribution is 2.34. The number of fused-ring (bicyclic) bond motifs is 3. The smallest absolute Gasteiger partial charge is 0.223 e. The quantitative estimate of drug-likeness (QED) is 0.646. The van der Waals surface area contributed by atoms with Crippen molar-refractivity contribution in [2.45, 2.75) is 0 Å². The summed E-state index contributed by atoms with van der Waals surface area (Å²) in [5.41, 5.74) is 1.37. The number of benzene rings is 1. The van der Waals surface area contributed by atoms with Crippen LogP contribution in [0.25, 0.3) is 16.6 Å². The third kappa shape index (κ3) is 1.09. The fourth-order valence-corrected chi connectivity index (χ4v) is 2.06. The van der Waals surface area contributed by atoms with Crippen LogP contribution >= 0.6 is 11.6 Å². The number of hydrogen-bond acceptors (Lipinski definition) is 4. The number of tetrazole rings is 1. The van der Waals surface area contributed by atoms with Gasteiger partial charge in [-0.1, -0.05) is 29.8 Å². The molecule has 0 unspecified atom stereocenters. The zero-order chi connectivity index (χ0) is 11.1. The fraction of sp³-hybridized carbons (Fsp3) is 0.100. The first kappa shape index (κ1) is 9.35. The Kier molecular flexibility index (Phi) is 1.94. The Morgan fingerprint density at radius 3 is 2.94 bits per heavy atom. The summed E-state index contributed by atoms with van der Waals surface area (Å²) in [6.45, 7) is 0. The number of ether oxygens (including phenoxy) is 1. The molecule has 0 fully saturated rings. The number of rotatable bonds is 1. The maximum atomic E-state index is 6.24. The largest absolute Gasteiger partial charge is 0.491 e. The van der Waals surface area contributed by atoms with Crippen molar-refractivity contribution in [1.29, 1.82) is 0 Å². The molecule has 80 valence electrons. The van der Waals surface area contributed by atoms with Crippen LogP contribution < -0.4 is 4.74 Å². The van der Waals surface area contributed by atoms with Gasteiger partial charge in [-0.15, -0.1) is 5.10 Å². The van der Waals surface area contributed by atoms with Gasteiger partial charge in [-0.05, 0) is 16.5 Å². The molecule has 3 aromatic rings. The average Bonchev–Trinajstić information content (AvgIpc) is 2.79. The molecule has 0 spiro atoms. The number of pyridine rings is 1. The van der Waals surface area contributed by atoms with Gasteiger partial charge in [0.05, 0.1) is 17.6 Å². The molecule has 2 aromatic heterocycles. The highest BCUT2D eigenvalue weighted by molar-refractivity contribution is 6.37. The molecule has 0 saturated heterocycles. The summed E-state index contributed by atoms with van der Waals surface area (Å²) in [5.74, 6) is 0.491. The van der Waals surface area contributed by atoms with Crippen molar-refractivity contribution < 1.29 is 4.74 Å². The molecule has 16 heavy (non-hydrogen) atoms. The van der Waals surface area contributed by atoms with E-state index in [1.54, 1.807) is 11.6 Å². The summed E-state index contributed by atoms with van der Waals surface area (Å²) >= 11 is 6.24. The average molecular weight is 235 g/mol. The van der Waals surface area contributed by atoms with E-state index < -0.39 is 0 Å². The summed E-state index contributed by atoms with van der Waals surface area (Å²) in [6.07, 6.45) is 0. The molecule has 0 radical (unpaired) electrons. The van der Waals surface area contributed by atoms with Gasteiger partial charge in [-0.25, -0.2) is 0 Å². The number of hydrogen-bond donors (Lipinski definition) is 0. The second-order valence-electron chi connectivity index (χ2n) is 3.28. The molecule has 0 atom stereocenters. The lowest BCUT2D eigenvalue weighted by molar-refractivity contribution is 0.417. The summed E-state index contributed by atoms with van der Waals surface area (Å²) in [6, 6.07) is 7.63. The van der Waals surface area contributed by atoms with E-state index in [1.807, 2.05) is 24.3 Å². The zero-order valence-electron chi connectivity index (χ0n) is 8.38. The lowest BCUT2D eigenvalue weighted by Crippen LogP contribution is -1.96. The minimum absolute atomic E-state index is 0.491. The molecule has 0 aliphatic rings. The molecule has 0 N–H and O–H groups in total. The standard InChI is InChI=1S/C10H7ClN4O/c1-16-9-8(11)6-4-2-3-5-7(6)15-10(9)12-13-14-15/h2-5H,1H3. The van der Waals surface area contributed by atoms with Crippen LogP contribution in [0.2, 0.25) is 5.02 Å². The summed E-state index contributed by atoms with van der Waals surface area (Å²) in [4.78, 5) is 0. The van der Waals surface area contributed by atoms with E-state index in [2.05, 4.69) is 15.5 Å². The monoisotopic (exact) mass is 234 g/mol. The number of halogens is 1. The molecule has 0 saturated carbocycles. The Balaban J connectivity index is 2.63. The summed E-state index contributed by atoms with van der Waals surface area (Å²) in [7, 11) is 1.55. The van der Waals surface area contributed by atoms with Crippen LogP contribution in [0, 0.1) is 0 Å². The fourth-order valence-electron chi connectivity index (χ4n) is 1.74. The second-order valence-corrected chi connectivity index (χ2v) is 3.66. The van der Waals surface area contributed by atoms with Crippen LogP contribution in [0.15, 0.2) is 24.3 Å². The van der Waals surface area contributed by atoms with Crippen molar-refractivity contribution in [3.63, 3.8) is 0 Å². The number of para-hydroxylation sites is 1. The predicted molar refractivity (Wildman–Crippen MR) is 59.9 cm³/mol. The third-order valence-corrected chi connectivity index (χ3v) is 2.82. The first-order valence-corrected chi connectivity index (χ1v) is 5.03. The minimum Gasteiger partial charge on any atom is -0.491 e. The molecule has 0 aliphatic heterocycles. The maximum Gasteiger partial charge on any atom is 0.223 e. The maximum absolute atomic E-state index is 6.24. The molecule has 6 heteroatoms. The van der Waals surface area contributed by atoms with Crippen LogP contribution in [0.4, 0.5) is 0 Å². The van der Waals surface area contributed by atoms with E-state index >= 15 is 0 Å². The van der Waals surface area contributed by atoms with Crippen molar-refractivity contribution in [1.82, 2.24) is 20.0 Å². The second kappa shape index (κ2) is 3.31. The molecule has 0 bridgehead atoms. The van der Waals surface area contributed by atoms with Crippen molar-refractivity contribution in [2.75, 3.05) is 7.11 Å². The van der Waals surface area contributed by atoms with E-state index in [-0.39, 0.29) is 0 Å². The van der Waals surface area contributed by atoms with Gasteiger partial charge in [-0.3, -0.25) is 0 Å². The molecule has 0 aliphatic carbocycles. The summed E-state index contributed by atoms with van der Waals surface area (Å²) in [5, 5.41) is 12.8. The number of aromatic nitrogens is 4. The number of methoxy groups -OCH3 is 1. The zero-order valence-corrected chi connectivity index (χ0v) is 9.14. The van der Waals surface area contributed by atoms with Gasteiger partial charge in [0, 0.05) is 5.39 Å². The van der Waals surface area contributed by atoms with E-state index in [9.17, 15) is 0 Å². The van der Waals surface area contributed by atoms with E-state index in [4.69, 9.17) is 16.3 Å². The highest BCUT2D eigenvalue weighted by atomic mass is 35.5. The lowest BCUT2D eigenvalue weighted by Gasteiger charge is -2.07. The SMILES string of the molecule is COc1c(Cl)c2ccccc2n2nnnc12. The highest BCUT2D eigenvalue weighted by Gasteiger charge is 2.15. The van der Waals surface area contributed by atoms with E-state index in [0.717, 1.165) is 10.9 Å². The molecular weight excluding hydrogens is 228 g/mol. The number of nitrogens with zero attached hydrogens (tertiary/aromatic N) is 4. The molecule has 2 heterocycles. The van der Waals surface area contributed by atoms with E-state index in [0.29, 0.717) is 16.4 Å². The van der Waals surface area contributed by atoms with Crippen molar-refractivity contribution in [3.05, 3.63) is 29.3 Å². The normalized spacial score (nSPS) is 11.1. The minimum atomic E-state index is 0.491. The van der Waals surface area contributed by atoms with Crippen LogP contribution in [0.1, 0.15) is 0 Å². The van der Waals surface area contributed by atoms with Gasteiger partial charge < -0.3 is 4.74 Å². The van der Waals surface area contributed by atoms with E-state index in [1.165, 1.54) is 0 Å². The Morgan fingerprint density at radius 1 is 1.31 bits per heavy atom. The van der Waals surface area contributed by atoms with Gasteiger partial charge >= 0.3 is 0 Å². The van der Waals surface area contributed by atoms with Gasteiger partial charge in [0.1, 0.15) is 0 Å². The predicted octanol–water partition coefficient (Wildman–Crippen LogP) is 1.94. The van der Waals surface area contributed by atoms with Crippen molar-refractivity contribution in [3.8, 4) is 5.75 Å². The lowest BCUT2D eigenvalue weighted by atomic mass is 10.2. The van der Waals surface area contributed by atoms with Crippen molar-refractivity contribution in [2.24, 2.45) is 0 Å². The molecule has 5 nitrogen and oxygen atoms in total. The third-order valence-electron chi connectivity index (χ3n) is 2.44. The first-order chi connectivity index (χ1) is 7.83. The van der Waals surface area contributed by atoms with Crippen LogP contribution in [0.5, 0.6) is 5.75 Å². The molecular formula is C10H7ClN4O. The van der Waals surface area contributed by atoms with Gasteiger partial charge in [0.25, 0.3) is 0 Å². The molecule has 1 aromatic carbocycles. The summed E-state index contributed by atoms with van der Waals surface area (Å²) < 4.78 is 6.84. The van der Waals surface area contributed by atoms with Gasteiger partial charge in [0.2, 0.25) is 5.65 Å². The Hall–Kier alpha value is -1.88. The Bertz CT molecular complexity index is 679.